The zero-order chi connectivity index (χ0) is 17.1. The molecular formula is C23H33N3. The van der Waals surface area contributed by atoms with Crippen molar-refractivity contribution in [3.8, 4) is 0 Å². The third kappa shape index (κ3) is 1.86. The molecular weight excluding hydrogens is 318 g/mol. The Morgan fingerprint density at radius 2 is 0.846 bits per heavy atom. The zero-order valence-electron chi connectivity index (χ0n) is 16.3. The second-order valence-electron chi connectivity index (χ2n) is 11.8. The Hall–Kier alpha value is -0.860. The second-order valence-corrected chi connectivity index (χ2v) is 11.8. The minimum Gasteiger partial charge on any atom is -0.317 e. The van der Waals surface area contributed by atoms with Gasteiger partial charge in [-0.3, -0.25) is 0 Å². The highest BCUT2D eigenvalue weighted by Gasteiger charge is 2.56. The predicted octanol–water partition coefficient (Wildman–Crippen LogP) is 4.75. The molecule has 0 atom stereocenters. The maximum absolute atomic E-state index is 4.98. The van der Waals surface area contributed by atoms with Gasteiger partial charge in [-0.15, -0.1) is 10.2 Å². The lowest BCUT2D eigenvalue weighted by atomic mass is 9.49. The van der Waals surface area contributed by atoms with Crippen LogP contribution in [0.2, 0.25) is 0 Å². The van der Waals surface area contributed by atoms with E-state index in [0.717, 1.165) is 35.5 Å². The Morgan fingerprint density at radius 3 is 1.12 bits per heavy atom. The molecule has 3 heteroatoms. The molecule has 8 aliphatic carbocycles. The molecule has 0 N–H and O–H groups in total. The van der Waals surface area contributed by atoms with Crippen LogP contribution in [-0.4, -0.2) is 14.8 Å². The van der Waals surface area contributed by atoms with Crippen LogP contribution in [0.3, 0.4) is 0 Å². The highest BCUT2D eigenvalue weighted by atomic mass is 15.3. The maximum Gasteiger partial charge on any atom is 0.139 e. The molecule has 0 unspecified atom stereocenters. The second kappa shape index (κ2) is 4.75. The van der Waals surface area contributed by atoms with Gasteiger partial charge in [0.05, 0.1) is 0 Å². The Bertz CT molecular complexity index is 627. The van der Waals surface area contributed by atoms with E-state index in [1.807, 2.05) is 0 Å². The van der Waals surface area contributed by atoms with Crippen LogP contribution in [0.25, 0.3) is 0 Å². The summed E-state index contributed by atoms with van der Waals surface area (Å²) in [7, 11) is 2.34. The first-order chi connectivity index (χ1) is 12.6. The first-order valence-electron chi connectivity index (χ1n) is 11.5. The molecule has 0 amide bonds. The van der Waals surface area contributed by atoms with Crippen molar-refractivity contribution in [3.05, 3.63) is 11.6 Å². The van der Waals surface area contributed by atoms with Crippen molar-refractivity contribution in [2.24, 2.45) is 42.6 Å². The van der Waals surface area contributed by atoms with Gasteiger partial charge in [-0.25, -0.2) is 0 Å². The average Bonchev–Trinajstić information content (AvgIpc) is 2.95. The van der Waals surface area contributed by atoms with Gasteiger partial charge in [-0.1, -0.05) is 0 Å². The van der Waals surface area contributed by atoms with Gasteiger partial charge in [0.25, 0.3) is 0 Å². The Labute approximate surface area is 157 Å². The standard InChI is InChI=1S/C23H33N3/c1-26-20(22-8-14-2-15(9-22)4-16(3-14)10-22)24-25-21(26)23-11-17-5-18(12-23)7-19(6-17)13-23/h14-19H,2-13H2,1H3. The van der Waals surface area contributed by atoms with E-state index in [1.165, 1.54) is 88.7 Å². The number of aromatic nitrogens is 3. The smallest absolute Gasteiger partial charge is 0.139 e. The van der Waals surface area contributed by atoms with Gasteiger partial charge in [-0.05, 0) is 113 Å². The molecule has 8 fully saturated rings. The fourth-order valence-electron chi connectivity index (χ4n) is 10.0. The molecule has 0 aromatic carbocycles. The summed E-state index contributed by atoms with van der Waals surface area (Å²) in [5.74, 6) is 8.70. The van der Waals surface area contributed by atoms with Crippen LogP contribution in [0, 0.1) is 35.5 Å². The first-order valence-corrected chi connectivity index (χ1v) is 11.5. The third-order valence-corrected chi connectivity index (χ3v) is 9.90. The molecule has 1 aromatic heterocycles. The molecule has 8 saturated carbocycles. The normalized spacial score (nSPS) is 53.6. The lowest BCUT2D eigenvalue weighted by Gasteiger charge is -2.57. The first kappa shape index (κ1) is 15.1. The highest BCUT2D eigenvalue weighted by molar-refractivity contribution is 5.24. The summed E-state index contributed by atoms with van der Waals surface area (Å²) in [6, 6.07) is 0. The summed E-state index contributed by atoms with van der Waals surface area (Å²) in [5, 5.41) is 9.95. The fraction of sp³-hybridized carbons (Fsp3) is 0.913. The van der Waals surface area contributed by atoms with Crippen molar-refractivity contribution in [1.29, 1.82) is 0 Å². The van der Waals surface area contributed by atoms with E-state index >= 15 is 0 Å². The molecule has 26 heavy (non-hydrogen) atoms. The summed E-state index contributed by atoms with van der Waals surface area (Å²) in [4.78, 5) is 0. The van der Waals surface area contributed by atoms with Gasteiger partial charge >= 0.3 is 0 Å². The molecule has 1 heterocycles. The van der Waals surface area contributed by atoms with Gasteiger partial charge in [0.2, 0.25) is 0 Å². The van der Waals surface area contributed by atoms with E-state index in [0.29, 0.717) is 10.8 Å². The van der Waals surface area contributed by atoms with E-state index in [2.05, 4.69) is 11.6 Å². The van der Waals surface area contributed by atoms with Gasteiger partial charge in [-0.2, -0.15) is 0 Å². The summed E-state index contributed by atoms with van der Waals surface area (Å²) >= 11 is 0. The van der Waals surface area contributed by atoms with Gasteiger partial charge in [0.15, 0.2) is 0 Å². The maximum atomic E-state index is 4.98. The van der Waals surface area contributed by atoms with E-state index in [-0.39, 0.29) is 0 Å². The van der Waals surface area contributed by atoms with Gasteiger partial charge < -0.3 is 4.57 Å². The van der Waals surface area contributed by atoms with E-state index in [9.17, 15) is 0 Å². The quantitative estimate of drug-likeness (QED) is 0.770. The van der Waals surface area contributed by atoms with Crippen molar-refractivity contribution in [3.63, 3.8) is 0 Å². The molecule has 1 aromatic rings. The minimum atomic E-state index is 0.386. The Balaban J connectivity index is 1.30. The molecule has 8 aliphatic rings. The SMILES string of the molecule is Cn1c(C23CC4CC(CC(C4)C2)C3)nnc1C12CC3CC(CC(C3)C1)C2. The lowest BCUT2D eigenvalue weighted by Crippen LogP contribution is -2.51. The molecule has 0 saturated heterocycles. The molecule has 0 spiro atoms. The average molecular weight is 352 g/mol. The van der Waals surface area contributed by atoms with Crippen molar-refractivity contribution < 1.29 is 0 Å². The summed E-state index contributed by atoms with van der Waals surface area (Å²) < 4.78 is 2.54. The minimum absolute atomic E-state index is 0.386. The summed E-state index contributed by atoms with van der Waals surface area (Å²) in [6.07, 6.45) is 17.5. The van der Waals surface area contributed by atoms with Crippen LogP contribution in [0.1, 0.15) is 88.7 Å². The number of rotatable bonds is 2. The van der Waals surface area contributed by atoms with Crippen LogP contribution in [0.4, 0.5) is 0 Å². The summed E-state index contributed by atoms with van der Waals surface area (Å²) in [6.45, 7) is 0. The molecule has 0 aliphatic heterocycles. The van der Waals surface area contributed by atoms with Gasteiger partial charge in [0, 0.05) is 17.9 Å². The predicted molar refractivity (Wildman–Crippen MR) is 101 cm³/mol. The number of hydrogen-bond acceptors (Lipinski definition) is 2. The van der Waals surface area contributed by atoms with Crippen LogP contribution in [-0.2, 0) is 17.9 Å². The number of nitrogens with zero attached hydrogens (tertiary/aromatic N) is 3. The van der Waals surface area contributed by atoms with E-state index < -0.39 is 0 Å². The monoisotopic (exact) mass is 351 g/mol. The van der Waals surface area contributed by atoms with Crippen LogP contribution in [0.5, 0.6) is 0 Å². The molecule has 140 valence electrons. The largest absolute Gasteiger partial charge is 0.317 e. The van der Waals surface area contributed by atoms with Crippen molar-refractivity contribution >= 4 is 0 Å². The third-order valence-electron chi connectivity index (χ3n) is 9.90. The zero-order valence-corrected chi connectivity index (χ0v) is 16.3. The summed E-state index contributed by atoms with van der Waals surface area (Å²) in [5.41, 5.74) is 0.772. The number of hydrogen-bond donors (Lipinski definition) is 0. The molecule has 3 nitrogen and oxygen atoms in total. The van der Waals surface area contributed by atoms with Crippen LogP contribution < -0.4 is 0 Å². The molecule has 9 rings (SSSR count). The molecule has 0 radical (unpaired) electrons. The van der Waals surface area contributed by atoms with Crippen molar-refractivity contribution in [1.82, 2.24) is 14.8 Å². The van der Waals surface area contributed by atoms with E-state index in [1.54, 1.807) is 0 Å². The Morgan fingerprint density at radius 1 is 0.577 bits per heavy atom. The van der Waals surface area contributed by atoms with Crippen molar-refractivity contribution in [2.45, 2.75) is 87.9 Å². The topological polar surface area (TPSA) is 30.7 Å². The van der Waals surface area contributed by atoms with Gasteiger partial charge in [0.1, 0.15) is 11.6 Å². The van der Waals surface area contributed by atoms with Crippen LogP contribution >= 0.6 is 0 Å². The van der Waals surface area contributed by atoms with E-state index in [4.69, 9.17) is 10.2 Å². The van der Waals surface area contributed by atoms with Crippen molar-refractivity contribution in [2.75, 3.05) is 0 Å². The lowest BCUT2D eigenvalue weighted by molar-refractivity contribution is -0.0154. The Kier molecular flexibility index (Phi) is 2.76. The molecule has 8 bridgehead atoms. The highest BCUT2D eigenvalue weighted by Crippen LogP contribution is 2.62. The fourth-order valence-corrected chi connectivity index (χ4v) is 10.0. The van der Waals surface area contributed by atoms with Crippen LogP contribution in [0.15, 0.2) is 0 Å².